The maximum Gasteiger partial charge on any atom is 0.355 e. The summed E-state index contributed by atoms with van der Waals surface area (Å²) >= 11 is 4.68. The number of amides is 1. The molecule has 13 heavy (non-hydrogen) atoms. The lowest BCUT2D eigenvalue weighted by Crippen LogP contribution is -2.58. The molecule has 0 aromatic rings. The smallest absolute Gasteiger partial charge is 0.355 e. The maximum atomic E-state index is 11.3. The van der Waals surface area contributed by atoms with Crippen LogP contribution < -0.4 is 0 Å². The number of rotatable bonds is 1. The molecular weight excluding hydrogens is 258 g/mol. The van der Waals surface area contributed by atoms with Crippen LogP contribution in [-0.2, 0) is 14.3 Å². The molecule has 1 amide bonds. The first kappa shape index (κ1) is 9.08. The highest BCUT2D eigenvalue weighted by Gasteiger charge is 2.52. The largest absolute Gasteiger partial charge is 0.464 e. The summed E-state index contributed by atoms with van der Waals surface area (Å²) in [7, 11) is 1.30. The van der Waals surface area contributed by atoms with Crippen LogP contribution in [0.25, 0.3) is 0 Å². The van der Waals surface area contributed by atoms with Crippen LogP contribution in [-0.4, -0.2) is 34.1 Å². The van der Waals surface area contributed by atoms with E-state index in [4.69, 9.17) is 0 Å². The Labute approximate surface area is 87.4 Å². The summed E-state index contributed by atoms with van der Waals surface area (Å²) in [5, 5.41) is 1.69. The lowest BCUT2D eigenvalue weighted by atomic mass is 10.2. The van der Waals surface area contributed by atoms with Crippen LogP contribution in [0.1, 0.15) is 0 Å². The summed E-state index contributed by atoms with van der Waals surface area (Å²) in [6.45, 7) is 0. The number of nitrogens with zero attached hydrogens (tertiary/aromatic N) is 1. The normalized spacial score (nSPS) is 30.8. The number of β-lactam (4-membered cyclic amide) rings is 1. The fourth-order valence-electron chi connectivity index (χ4n) is 1.26. The third-order valence-electron chi connectivity index (χ3n) is 1.95. The molecule has 2 unspecified atom stereocenters. The quantitative estimate of drug-likeness (QED) is 0.397. The van der Waals surface area contributed by atoms with Crippen molar-refractivity contribution in [2.24, 2.45) is 0 Å². The van der Waals surface area contributed by atoms with Gasteiger partial charge in [-0.05, 0) is 0 Å². The lowest BCUT2D eigenvalue weighted by molar-refractivity contribution is -0.146. The van der Waals surface area contributed by atoms with E-state index in [2.05, 4.69) is 20.7 Å². The Morgan fingerprint density at radius 2 is 2.46 bits per heavy atom. The van der Waals surface area contributed by atoms with Crippen molar-refractivity contribution in [2.45, 2.75) is 10.2 Å². The van der Waals surface area contributed by atoms with Gasteiger partial charge >= 0.3 is 5.97 Å². The summed E-state index contributed by atoms with van der Waals surface area (Å²) in [5.41, 5.74) is 0.346. The van der Waals surface area contributed by atoms with Crippen molar-refractivity contribution in [3.8, 4) is 0 Å². The molecule has 0 radical (unpaired) electrons. The van der Waals surface area contributed by atoms with Crippen molar-refractivity contribution >= 4 is 39.6 Å². The molecule has 2 aliphatic heterocycles. The predicted octanol–water partition coefficient (Wildman–Crippen LogP) is 0.679. The standard InChI is InChI=1S/C7H6BrNO3S/c1-12-7(11)3-2-13-6-4(8)5(10)9(3)6/h2,4,6H,1H3. The van der Waals surface area contributed by atoms with Gasteiger partial charge in [0.05, 0.1) is 7.11 Å². The van der Waals surface area contributed by atoms with Gasteiger partial charge in [0.15, 0.2) is 0 Å². The number of hydrogen-bond acceptors (Lipinski definition) is 4. The van der Waals surface area contributed by atoms with Crippen molar-refractivity contribution in [1.82, 2.24) is 4.90 Å². The molecule has 0 bridgehead atoms. The predicted molar refractivity (Wildman–Crippen MR) is 51.0 cm³/mol. The van der Waals surface area contributed by atoms with Crippen LogP contribution in [0.2, 0.25) is 0 Å². The Bertz CT molecular complexity index is 317. The molecule has 70 valence electrons. The summed E-state index contributed by atoms with van der Waals surface area (Å²) in [6.07, 6.45) is 0. The van der Waals surface area contributed by atoms with E-state index in [-0.39, 0.29) is 16.1 Å². The van der Waals surface area contributed by atoms with Crippen LogP contribution in [0.15, 0.2) is 11.1 Å². The average Bonchev–Trinajstić information content (AvgIpc) is 2.56. The molecule has 2 rings (SSSR count). The molecule has 0 spiro atoms. The Morgan fingerprint density at radius 1 is 1.77 bits per heavy atom. The second-order valence-corrected chi connectivity index (χ2v) is 4.61. The first-order chi connectivity index (χ1) is 6.16. The first-order valence-electron chi connectivity index (χ1n) is 3.58. The molecule has 2 heterocycles. The zero-order chi connectivity index (χ0) is 9.59. The SMILES string of the molecule is COC(=O)C1=CSC2C(Br)C(=O)N12. The average molecular weight is 264 g/mol. The van der Waals surface area contributed by atoms with Crippen molar-refractivity contribution in [2.75, 3.05) is 7.11 Å². The monoisotopic (exact) mass is 263 g/mol. The second kappa shape index (κ2) is 3.02. The zero-order valence-corrected chi connectivity index (χ0v) is 9.09. The van der Waals surface area contributed by atoms with Gasteiger partial charge in [-0.2, -0.15) is 0 Å². The highest BCUT2D eigenvalue weighted by molar-refractivity contribution is 9.10. The third kappa shape index (κ3) is 1.12. The van der Waals surface area contributed by atoms with Gasteiger partial charge < -0.3 is 4.74 Å². The summed E-state index contributed by atoms with van der Waals surface area (Å²) in [6, 6.07) is 0. The molecule has 2 aliphatic rings. The molecule has 2 atom stereocenters. The van der Waals surface area contributed by atoms with Crippen molar-refractivity contribution in [3.63, 3.8) is 0 Å². The fourth-order valence-corrected chi connectivity index (χ4v) is 3.16. The minimum Gasteiger partial charge on any atom is -0.464 e. The van der Waals surface area contributed by atoms with E-state index in [1.54, 1.807) is 5.41 Å². The van der Waals surface area contributed by atoms with Crippen LogP contribution in [0.5, 0.6) is 0 Å². The van der Waals surface area contributed by atoms with Crippen molar-refractivity contribution in [3.05, 3.63) is 11.1 Å². The van der Waals surface area contributed by atoms with Crippen LogP contribution >= 0.6 is 27.7 Å². The molecule has 1 saturated heterocycles. The number of fused-ring (bicyclic) bond motifs is 1. The Morgan fingerprint density at radius 3 is 3.08 bits per heavy atom. The van der Waals surface area contributed by atoms with E-state index in [0.717, 1.165) is 0 Å². The number of carbonyl (C=O) groups is 2. The van der Waals surface area contributed by atoms with Gasteiger partial charge in [0.25, 0.3) is 0 Å². The number of esters is 1. The second-order valence-electron chi connectivity index (χ2n) is 2.63. The number of halogens is 1. The Balaban J connectivity index is 2.18. The molecule has 0 aromatic heterocycles. The minimum absolute atomic E-state index is 0.0293. The van der Waals surface area contributed by atoms with E-state index in [1.807, 2.05) is 0 Å². The summed E-state index contributed by atoms with van der Waals surface area (Å²) < 4.78 is 4.54. The first-order valence-corrected chi connectivity index (χ1v) is 5.43. The minimum atomic E-state index is -0.456. The molecule has 6 heteroatoms. The van der Waals surface area contributed by atoms with E-state index in [1.165, 1.54) is 23.8 Å². The number of thioether (sulfide) groups is 1. The van der Waals surface area contributed by atoms with Gasteiger partial charge in [0.1, 0.15) is 15.9 Å². The highest BCUT2D eigenvalue weighted by atomic mass is 79.9. The zero-order valence-electron chi connectivity index (χ0n) is 6.69. The number of methoxy groups -OCH3 is 1. The molecule has 0 aromatic carbocycles. The lowest BCUT2D eigenvalue weighted by Gasteiger charge is -2.39. The Hall–Kier alpha value is -0.490. The molecule has 1 fully saturated rings. The number of hydrogen-bond donors (Lipinski definition) is 0. The van der Waals surface area contributed by atoms with Crippen LogP contribution in [0, 0.1) is 0 Å². The van der Waals surface area contributed by atoms with Crippen LogP contribution in [0.4, 0.5) is 0 Å². The van der Waals surface area contributed by atoms with Gasteiger partial charge in [0.2, 0.25) is 5.91 Å². The van der Waals surface area contributed by atoms with E-state index in [9.17, 15) is 9.59 Å². The van der Waals surface area contributed by atoms with Crippen molar-refractivity contribution in [1.29, 1.82) is 0 Å². The number of alkyl halides is 1. The van der Waals surface area contributed by atoms with Crippen LogP contribution in [0.3, 0.4) is 0 Å². The highest BCUT2D eigenvalue weighted by Crippen LogP contribution is 2.44. The van der Waals surface area contributed by atoms with Gasteiger partial charge in [-0.3, -0.25) is 9.69 Å². The fraction of sp³-hybridized carbons (Fsp3) is 0.429. The summed E-state index contributed by atoms with van der Waals surface area (Å²) in [4.78, 5) is 23.7. The topological polar surface area (TPSA) is 46.6 Å². The third-order valence-corrected chi connectivity index (χ3v) is 4.31. The van der Waals surface area contributed by atoms with Gasteiger partial charge in [-0.25, -0.2) is 4.79 Å². The van der Waals surface area contributed by atoms with E-state index >= 15 is 0 Å². The van der Waals surface area contributed by atoms with Crippen molar-refractivity contribution < 1.29 is 14.3 Å². The molecule has 0 N–H and O–H groups in total. The molecular formula is C7H6BrNO3S. The number of carbonyl (C=O) groups excluding carboxylic acids is 2. The number of ether oxygens (including phenoxy) is 1. The summed E-state index contributed by atoms with van der Waals surface area (Å²) in [5.74, 6) is -0.533. The van der Waals surface area contributed by atoms with Gasteiger partial charge in [-0.1, -0.05) is 15.9 Å². The maximum absolute atomic E-state index is 11.3. The molecule has 4 nitrogen and oxygen atoms in total. The Kier molecular flexibility index (Phi) is 2.11. The van der Waals surface area contributed by atoms with E-state index in [0.29, 0.717) is 5.70 Å². The van der Waals surface area contributed by atoms with E-state index < -0.39 is 5.97 Å². The molecule has 0 aliphatic carbocycles. The van der Waals surface area contributed by atoms with Gasteiger partial charge in [-0.15, -0.1) is 11.8 Å². The molecule has 0 saturated carbocycles. The van der Waals surface area contributed by atoms with Gasteiger partial charge in [0, 0.05) is 5.41 Å².